The molecule has 2 aromatic rings. The molecule has 2 aromatic heterocycles. The second kappa shape index (κ2) is 7.73. The molecule has 6 heteroatoms. The Bertz CT molecular complexity index is 888. The number of fused-ring (bicyclic) bond motifs is 1. The number of pyridine rings is 1. The fraction of sp³-hybridized carbons (Fsp3) is 0.652. The van der Waals surface area contributed by atoms with E-state index in [1.165, 1.54) is 11.4 Å². The summed E-state index contributed by atoms with van der Waals surface area (Å²) in [5, 5.41) is 0. The van der Waals surface area contributed by atoms with Crippen molar-refractivity contribution in [2.24, 2.45) is 0 Å². The standard InChI is InChI=1S/C23H32N4O2/c1-18-20(24-21-7-2-3-13-26(18)21)17-25-12-5-9-23(11-14-25)10-8-22(28)27(23)16-19-6-4-15-29-19/h2-3,7,13,19H,4-6,8-12,14-17H2,1H3/t19-,23-/m1/s1. The molecule has 0 aliphatic carbocycles. The second-order valence-corrected chi connectivity index (χ2v) is 9.07. The van der Waals surface area contributed by atoms with Gasteiger partial charge in [-0.2, -0.15) is 0 Å². The van der Waals surface area contributed by atoms with Crippen LogP contribution in [0.2, 0.25) is 0 Å². The van der Waals surface area contributed by atoms with Crippen molar-refractivity contribution in [1.29, 1.82) is 0 Å². The first-order valence-electron chi connectivity index (χ1n) is 11.2. The first-order valence-corrected chi connectivity index (χ1v) is 11.2. The Kier molecular flexibility index (Phi) is 5.08. The minimum absolute atomic E-state index is 0.0474. The molecule has 2 atom stereocenters. The Morgan fingerprint density at radius 1 is 1.21 bits per heavy atom. The lowest BCUT2D eigenvalue weighted by Crippen LogP contribution is -2.49. The van der Waals surface area contributed by atoms with Gasteiger partial charge in [0.15, 0.2) is 0 Å². The summed E-state index contributed by atoms with van der Waals surface area (Å²) in [5.74, 6) is 0.338. The quantitative estimate of drug-likeness (QED) is 0.797. The Labute approximate surface area is 172 Å². The molecule has 1 spiro atoms. The minimum atomic E-state index is 0.0474. The van der Waals surface area contributed by atoms with E-state index >= 15 is 0 Å². The van der Waals surface area contributed by atoms with Crippen molar-refractivity contribution in [1.82, 2.24) is 19.2 Å². The van der Waals surface area contributed by atoms with Crippen molar-refractivity contribution in [3.63, 3.8) is 0 Å². The topological polar surface area (TPSA) is 50.1 Å². The SMILES string of the molecule is Cc1c(CN2CCC[C@@]3(CCC(=O)N3C[C@H]3CCCO3)CC2)nc2ccccn12. The molecule has 3 aliphatic heterocycles. The number of ether oxygens (including phenoxy) is 1. The lowest BCUT2D eigenvalue weighted by molar-refractivity contribution is -0.133. The number of hydrogen-bond acceptors (Lipinski definition) is 4. The normalized spacial score (nSPS) is 28.7. The van der Waals surface area contributed by atoms with Crippen molar-refractivity contribution in [3.8, 4) is 0 Å². The molecule has 6 nitrogen and oxygen atoms in total. The van der Waals surface area contributed by atoms with Gasteiger partial charge in [-0.1, -0.05) is 6.07 Å². The molecule has 1 amide bonds. The van der Waals surface area contributed by atoms with Crippen LogP contribution in [0.15, 0.2) is 24.4 Å². The van der Waals surface area contributed by atoms with Crippen LogP contribution in [0, 0.1) is 6.92 Å². The van der Waals surface area contributed by atoms with E-state index in [2.05, 4.69) is 39.5 Å². The van der Waals surface area contributed by atoms with E-state index in [-0.39, 0.29) is 11.6 Å². The molecule has 0 unspecified atom stereocenters. The monoisotopic (exact) mass is 396 g/mol. The Morgan fingerprint density at radius 3 is 2.97 bits per heavy atom. The number of carbonyl (C=O) groups is 1. The molecule has 0 radical (unpaired) electrons. The van der Waals surface area contributed by atoms with Gasteiger partial charge in [-0.05, 0) is 64.1 Å². The van der Waals surface area contributed by atoms with Crippen LogP contribution in [-0.4, -0.2) is 63.0 Å². The zero-order chi connectivity index (χ0) is 19.8. The number of nitrogens with zero attached hydrogens (tertiary/aromatic N) is 4. The molecule has 5 rings (SSSR count). The maximum atomic E-state index is 12.7. The van der Waals surface area contributed by atoms with Gasteiger partial charge in [0.2, 0.25) is 5.91 Å². The summed E-state index contributed by atoms with van der Waals surface area (Å²) < 4.78 is 8.03. The average molecular weight is 397 g/mol. The molecule has 156 valence electrons. The van der Waals surface area contributed by atoms with Gasteiger partial charge in [-0.15, -0.1) is 0 Å². The van der Waals surface area contributed by atoms with Gasteiger partial charge in [0.05, 0.1) is 11.8 Å². The number of rotatable bonds is 4. The molecule has 29 heavy (non-hydrogen) atoms. The third-order valence-electron chi connectivity index (χ3n) is 7.34. The van der Waals surface area contributed by atoms with E-state index in [1.807, 2.05) is 6.07 Å². The maximum Gasteiger partial charge on any atom is 0.223 e. The average Bonchev–Trinajstić information content (AvgIpc) is 3.38. The van der Waals surface area contributed by atoms with Crippen LogP contribution in [0.3, 0.4) is 0 Å². The summed E-state index contributed by atoms with van der Waals surface area (Å²) in [6.45, 7) is 6.81. The van der Waals surface area contributed by atoms with E-state index < -0.39 is 0 Å². The van der Waals surface area contributed by atoms with Gasteiger partial charge in [0.1, 0.15) is 5.65 Å². The fourth-order valence-electron chi connectivity index (χ4n) is 5.60. The molecule has 3 fully saturated rings. The van der Waals surface area contributed by atoms with Gasteiger partial charge in [0, 0.05) is 50.1 Å². The van der Waals surface area contributed by atoms with Crippen LogP contribution < -0.4 is 0 Å². The fourth-order valence-corrected chi connectivity index (χ4v) is 5.60. The molecule has 0 N–H and O–H groups in total. The van der Waals surface area contributed by atoms with Crippen molar-refractivity contribution in [2.75, 3.05) is 26.2 Å². The van der Waals surface area contributed by atoms with E-state index in [1.54, 1.807) is 0 Å². The molecule has 0 saturated carbocycles. The van der Waals surface area contributed by atoms with Crippen molar-refractivity contribution in [3.05, 3.63) is 35.8 Å². The van der Waals surface area contributed by atoms with Gasteiger partial charge < -0.3 is 14.0 Å². The first-order chi connectivity index (χ1) is 14.1. The predicted octanol–water partition coefficient (Wildman–Crippen LogP) is 3.17. The lowest BCUT2D eigenvalue weighted by Gasteiger charge is -2.39. The third kappa shape index (κ3) is 3.57. The van der Waals surface area contributed by atoms with Crippen LogP contribution >= 0.6 is 0 Å². The van der Waals surface area contributed by atoms with Crippen LogP contribution in [0.5, 0.6) is 0 Å². The highest BCUT2D eigenvalue weighted by atomic mass is 16.5. The zero-order valence-corrected chi connectivity index (χ0v) is 17.5. The first kappa shape index (κ1) is 19.1. The largest absolute Gasteiger partial charge is 0.376 e. The molecular formula is C23H32N4O2. The van der Waals surface area contributed by atoms with E-state index in [9.17, 15) is 4.79 Å². The van der Waals surface area contributed by atoms with Gasteiger partial charge >= 0.3 is 0 Å². The highest BCUT2D eigenvalue weighted by Gasteiger charge is 2.46. The Balaban J connectivity index is 1.29. The van der Waals surface area contributed by atoms with Gasteiger partial charge in [-0.3, -0.25) is 9.69 Å². The molecular weight excluding hydrogens is 364 g/mol. The van der Waals surface area contributed by atoms with E-state index in [0.29, 0.717) is 12.3 Å². The van der Waals surface area contributed by atoms with Crippen LogP contribution in [0.25, 0.3) is 5.65 Å². The number of carbonyl (C=O) groups excluding carboxylic acids is 1. The van der Waals surface area contributed by atoms with Crippen molar-refractivity contribution >= 4 is 11.6 Å². The van der Waals surface area contributed by atoms with Crippen molar-refractivity contribution < 1.29 is 9.53 Å². The summed E-state index contributed by atoms with van der Waals surface area (Å²) in [6.07, 6.45) is 9.61. The number of imidazole rings is 1. The molecule has 0 bridgehead atoms. The number of aryl methyl sites for hydroxylation is 1. The molecule has 0 aromatic carbocycles. The smallest absolute Gasteiger partial charge is 0.223 e. The van der Waals surface area contributed by atoms with Gasteiger partial charge in [-0.25, -0.2) is 4.98 Å². The van der Waals surface area contributed by atoms with E-state index in [0.717, 1.165) is 77.0 Å². The third-order valence-corrected chi connectivity index (χ3v) is 7.34. The Morgan fingerprint density at radius 2 is 2.14 bits per heavy atom. The molecule has 5 heterocycles. The number of hydrogen-bond donors (Lipinski definition) is 0. The van der Waals surface area contributed by atoms with Crippen LogP contribution in [0.1, 0.15) is 56.3 Å². The van der Waals surface area contributed by atoms with Crippen molar-refractivity contribution in [2.45, 2.75) is 70.1 Å². The summed E-state index contributed by atoms with van der Waals surface area (Å²) in [5.41, 5.74) is 3.48. The maximum absolute atomic E-state index is 12.7. The van der Waals surface area contributed by atoms with Gasteiger partial charge in [0.25, 0.3) is 0 Å². The summed E-state index contributed by atoms with van der Waals surface area (Å²) >= 11 is 0. The highest BCUT2D eigenvalue weighted by molar-refractivity contribution is 5.79. The highest BCUT2D eigenvalue weighted by Crippen LogP contribution is 2.40. The zero-order valence-electron chi connectivity index (χ0n) is 17.5. The summed E-state index contributed by atoms with van der Waals surface area (Å²) in [4.78, 5) is 22.3. The predicted molar refractivity (Wildman–Crippen MR) is 112 cm³/mol. The van der Waals surface area contributed by atoms with E-state index in [4.69, 9.17) is 9.72 Å². The molecule has 3 saturated heterocycles. The van der Waals surface area contributed by atoms with Crippen LogP contribution in [0.4, 0.5) is 0 Å². The summed E-state index contributed by atoms with van der Waals surface area (Å²) in [7, 11) is 0. The lowest BCUT2D eigenvalue weighted by atomic mass is 9.87. The number of aromatic nitrogens is 2. The number of amides is 1. The Hall–Kier alpha value is -1.92. The van der Waals surface area contributed by atoms with Crippen LogP contribution in [-0.2, 0) is 16.1 Å². The number of likely N-dealkylation sites (tertiary alicyclic amines) is 2. The molecule has 3 aliphatic rings. The second-order valence-electron chi connectivity index (χ2n) is 9.07. The summed E-state index contributed by atoms with van der Waals surface area (Å²) in [6, 6.07) is 6.17. The minimum Gasteiger partial charge on any atom is -0.376 e.